The van der Waals surface area contributed by atoms with Crippen LogP contribution in [-0.2, 0) is 19.3 Å². The molecule has 0 aromatic heterocycles. The summed E-state index contributed by atoms with van der Waals surface area (Å²) in [6.07, 6.45) is -0.410. The summed E-state index contributed by atoms with van der Waals surface area (Å²) in [4.78, 5) is 32.1. The van der Waals surface area contributed by atoms with Gasteiger partial charge >= 0.3 is 11.9 Å². The minimum atomic E-state index is -3.25. The van der Waals surface area contributed by atoms with Crippen molar-refractivity contribution in [2.24, 2.45) is 5.92 Å². The van der Waals surface area contributed by atoms with Crippen LogP contribution in [0.5, 0.6) is 0 Å². The molecule has 0 aliphatic carbocycles. The minimum absolute atomic E-state index is 0.141. The van der Waals surface area contributed by atoms with Crippen LogP contribution in [-0.4, -0.2) is 27.0 Å². The lowest BCUT2D eigenvalue weighted by Gasteiger charge is -2.35. The quantitative estimate of drug-likeness (QED) is 0.635. The molecule has 0 radical (unpaired) electrons. The Balaban J connectivity index is 3.36. The second-order valence-corrected chi connectivity index (χ2v) is 6.32. The molecule has 21 heavy (non-hydrogen) atoms. The van der Waals surface area contributed by atoms with E-state index in [-0.39, 0.29) is 19.3 Å². The average molecular weight is 314 g/mol. The molecule has 1 aromatic carbocycles. The van der Waals surface area contributed by atoms with Crippen LogP contribution in [0.25, 0.3) is 0 Å². The number of benzene rings is 1. The second-order valence-electron chi connectivity index (χ2n) is 4.82. The van der Waals surface area contributed by atoms with Gasteiger partial charge in [0.25, 0.3) is 0 Å². The topological polar surface area (TPSA) is 112 Å². The molecule has 1 aromatic rings. The Kier molecular flexibility index (Phi) is 6.12. The van der Waals surface area contributed by atoms with Crippen molar-refractivity contribution >= 4 is 20.0 Å². The van der Waals surface area contributed by atoms with Crippen LogP contribution in [0.15, 0.2) is 30.3 Å². The molecule has 0 aliphatic rings. The van der Waals surface area contributed by atoms with Gasteiger partial charge in [-0.2, -0.15) is 0 Å². The number of hydrogen-bond acceptors (Lipinski definition) is 3. The summed E-state index contributed by atoms with van der Waals surface area (Å²) < 4.78 is 12.0. The number of carboxylic acids is 2. The SMILES string of the molecule is CCC(c1ccccc1)(C(CCC(=O)O)C(=O)O)[PH](=O)O. The lowest BCUT2D eigenvalue weighted by atomic mass is 9.80. The molecule has 0 aliphatic heterocycles. The zero-order valence-corrected chi connectivity index (χ0v) is 12.7. The lowest BCUT2D eigenvalue weighted by Crippen LogP contribution is -2.37. The molecule has 3 unspecified atom stereocenters. The summed E-state index contributed by atoms with van der Waals surface area (Å²) in [6.45, 7) is 1.64. The van der Waals surface area contributed by atoms with E-state index in [1.807, 2.05) is 0 Å². The molecule has 0 spiro atoms. The summed E-state index contributed by atoms with van der Waals surface area (Å²) in [5.74, 6) is -3.61. The smallest absolute Gasteiger partial charge is 0.307 e. The van der Waals surface area contributed by atoms with Crippen molar-refractivity contribution in [3.63, 3.8) is 0 Å². The normalized spacial score (nSPS) is 16.7. The summed E-state index contributed by atoms with van der Waals surface area (Å²) in [6, 6.07) is 8.28. The summed E-state index contributed by atoms with van der Waals surface area (Å²) in [5.41, 5.74) is 0.455. The molecule has 0 saturated carbocycles. The highest BCUT2D eigenvalue weighted by Crippen LogP contribution is 2.54. The first-order valence-corrected chi connectivity index (χ1v) is 7.95. The van der Waals surface area contributed by atoms with Gasteiger partial charge in [-0.25, -0.2) is 0 Å². The van der Waals surface area contributed by atoms with E-state index in [0.717, 1.165) is 0 Å². The Morgan fingerprint density at radius 3 is 2.19 bits per heavy atom. The first-order valence-electron chi connectivity index (χ1n) is 6.59. The molecule has 0 fully saturated rings. The Morgan fingerprint density at radius 1 is 1.24 bits per heavy atom. The first-order chi connectivity index (χ1) is 9.86. The molecule has 6 nitrogen and oxygen atoms in total. The second kappa shape index (κ2) is 7.38. The van der Waals surface area contributed by atoms with Gasteiger partial charge in [-0.15, -0.1) is 0 Å². The van der Waals surface area contributed by atoms with Crippen molar-refractivity contribution in [1.82, 2.24) is 0 Å². The number of hydrogen-bond donors (Lipinski definition) is 3. The van der Waals surface area contributed by atoms with Gasteiger partial charge in [-0.1, -0.05) is 37.3 Å². The van der Waals surface area contributed by atoms with E-state index in [2.05, 4.69) is 0 Å². The van der Waals surface area contributed by atoms with Crippen LogP contribution in [0, 0.1) is 5.92 Å². The Hall–Kier alpha value is -1.65. The zero-order chi connectivity index (χ0) is 16.0. The maximum atomic E-state index is 12.0. The molecule has 3 atom stereocenters. The highest BCUT2D eigenvalue weighted by molar-refractivity contribution is 7.39. The van der Waals surface area contributed by atoms with E-state index in [1.165, 1.54) is 0 Å². The maximum absolute atomic E-state index is 12.0. The molecular weight excluding hydrogens is 295 g/mol. The third-order valence-electron chi connectivity index (χ3n) is 3.77. The molecule has 1 rings (SSSR count). The fraction of sp³-hybridized carbons (Fsp3) is 0.429. The fourth-order valence-corrected chi connectivity index (χ4v) is 3.94. The monoisotopic (exact) mass is 314 g/mol. The predicted octanol–water partition coefficient (Wildman–Crippen LogP) is 2.32. The number of carbonyl (C=O) groups is 2. The highest BCUT2D eigenvalue weighted by Gasteiger charge is 2.47. The van der Waals surface area contributed by atoms with E-state index >= 15 is 0 Å². The van der Waals surface area contributed by atoms with E-state index < -0.39 is 31.0 Å². The van der Waals surface area contributed by atoms with Crippen LogP contribution < -0.4 is 0 Å². The van der Waals surface area contributed by atoms with Crippen LogP contribution in [0.4, 0.5) is 0 Å². The van der Waals surface area contributed by atoms with Gasteiger partial charge in [0, 0.05) is 6.42 Å². The summed E-state index contributed by atoms with van der Waals surface area (Å²) in [5, 5.41) is 16.8. The van der Waals surface area contributed by atoms with Gasteiger partial charge < -0.3 is 15.1 Å². The van der Waals surface area contributed by atoms with Crippen molar-refractivity contribution in [3.05, 3.63) is 35.9 Å². The fourth-order valence-electron chi connectivity index (χ4n) is 2.66. The molecule has 0 heterocycles. The van der Waals surface area contributed by atoms with Crippen molar-refractivity contribution < 1.29 is 29.3 Å². The minimum Gasteiger partial charge on any atom is -0.481 e. The molecule has 0 bridgehead atoms. The summed E-state index contributed by atoms with van der Waals surface area (Å²) in [7, 11) is -3.25. The van der Waals surface area contributed by atoms with Crippen molar-refractivity contribution in [2.45, 2.75) is 31.3 Å². The molecule has 116 valence electrons. The molecule has 7 heteroatoms. The number of aliphatic carboxylic acids is 2. The van der Waals surface area contributed by atoms with E-state index in [1.54, 1.807) is 37.3 Å². The third-order valence-corrected chi connectivity index (χ3v) is 5.52. The van der Waals surface area contributed by atoms with E-state index in [4.69, 9.17) is 5.11 Å². The molecular formula is C14H19O6P. The van der Waals surface area contributed by atoms with Gasteiger partial charge in [0.2, 0.25) is 0 Å². The van der Waals surface area contributed by atoms with Gasteiger partial charge in [0.1, 0.15) is 0 Å². The lowest BCUT2D eigenvalue weighted by molar-refractivity contribution is -0.144. The molecule has 3 N–H and O–H groups in total. The van der Waals surface area contributed by atoms with Crippen LogP contribution in [0.1, 0.15) is 31.7 Å². The van der Waals surface area contributed by atoms with Crippen LogP contribution >= 0.6 is 8.03 Å². The van der Waals surface area contributed by atoms with Crippen molar-refractivity contribution in [1.29, 1.82) is 0 Å². The zero-order valence-electron chi connectivity index (χ0n) is 11.7. The summed E-state index contributed by atoms with van der Waals surface area (Å²) >= 11 is 0. The Morgan fingerprint density at radius 2 is 1.81 bits per heavy atom. The first kappa shape index (κ1) is 17.4. The standard InChI is InChI=1S/C14H19O6P/c1-2-14(21(19)20,10-6-4-3-5-7-10)11(13(17)18)8-9-12(15)16/h3-7,11,21H,2,8-9H2,1H3,(H,15,16)(H,17,18)(H,19,20). The van der Waals surface area contributed by atoms with Gasteiger partial charge in [-0.05, 0) is 18.4 Å². The van der Waals surface area contributed by atoms with Crippen molar-refractivity contribution in [2.75, 3.05) is 0 Å². The maximum Gasteiger partial charge on any atom is 0.307 e. The van der Waals surface area contributed by atoms with E-state index in [0.29, 0.717) is 5.56 Å². The van der Waals surface area contributed by atoms with Crippen LogP contribution in [0.2, 0.25) is 0 Å². The van der Waals surface area contributed by atoms with Gasteiger partial charge in [0.15, 0.2) is 8.03 Å². The molecule has 0 amide bonds. The molecule has 0 saturated heterocycles. The number of rotatable bonds is 8. The third kappa shape index (κ3) is 3.71. The van der Waals surface area contributed by atoms with Gasteiger partial charge in [0.05, 0.1) is 11.1 Å². The van der Waals surface area contributed by atoms with Crippen molar-refractivity contribution in [3.8, 4) is 0 Å². The van der Waals surface area contributed by atoms with Gasteiger partial charge in [-0.3, -0.25) is 14.2 Å². The van der Waals surface area contributed by atoms with E-state index in [9.17, 15) is 24.2 Å². The highest BCUT2D eigenvalue weighted by atomic mass is 31.1. The predicted molar refractivity (Wildman–Crippen MR) is 77.6 cm³/mol. The Labute approximate surface area is 123 Å². The number of carboxylic acid groups (broad SMARTS) is 2. The van der Waals surface area contributed by atoms with Crippen LogP contribution in [0.3, 0.4) is 0 Å². The Bertz CT molecular complexity index is 530. The average Bonchev–Trinajstić information content (AvgIpc) is 2.43. The largest absolute Gasteiger partial charge is 0.481 e.